The van der Waals surface area contributed by atoms with Crippen LogP contribution in [-0.2, 0) is 163 Å². The molecule has 0 aliphatic rings. The van der Waals surface area contributed by atoms with Crippen LogP contribution in [0.1, 0.15) is 22.8 Å². The molecule has 0 bridgehead atoms. The Balaban J connectivity index is 0.000000225. The molecule has 0 saturated carbocycles. The first-order valence-corrected chi connectivity index (χ1v) is 33.1. The zero-order valence-electron chi connectivity index (χ0n) is 59.2. The summed E-state index contributed by atoms with van der Waals surface area (Å²) >= 11 is 1.75. The fourth-order valence-electron chi connectivity index (χ4n) is 10.7. The van der Waals surface area contributed by atoms with Gasteiger partial charge in [0.1, 0.15) is 0 Å². The minimum absolute atomic E-state index is 0. The zero-order valence-corrected chi connectivity index (χ0v) is 74.4. The molecule has 0 atom stereocenters. The maximum Gasteiger partial charge on any atom is 0.0768 e. The molecule has 20 heteroatoms. The van der Waals surface area contributed by atoms with Crippen LogP contribution >= 0.6 is 11.3 Å². The second kappa shape index (κ2) is 43.4. The molecule has 0 aliphatic carbocycles. The van der Waals surface area contributed by atoms with E-state index in [1.54, 1.807) is 36.1 Å². The van der Waals surface area contributed by atoms with E-state index in [0.29, 0.717) is 0 Å². The predicted octanol–water partition coefficient (Wildman–Crippen LogP) is 18.7. The summed E-state index contributed by atoms with van der Waals surface area (Å²) in [6, 6.07) is 91.9. The Bertz CT molecular complexity index is 5040. The topological polar surface area (TPSA) is 120 Å². The van der Waals surface area contributed by atoms with E-state index in [0.717, 1.165) is 102 Å². The molecule has 0 N–H and O–H groups in total. The molecule has 8 heterocycles. The van der Waals surface area contributed by atoms with Gasteiger partial charge in [-0.05, 0) is 56.8 Å². The van der Waals surface area contributed by atoms with Gasteiger partial charge in [0, 0.05) is 246 Å². The first-order valence-electron chi connectivity index (χ1n) is 32.3. The van der Waals surface area contributed by atoms with Crippen molar-refractivity contribution in [2.45, 2.75) is 27.7 Å². The van der Waals surface area contributed by atoms with Crippen molar-refractivity contribution in [1.82, 2.24) is 62.3 Å². The summed E-state index contributed by atoms with van der Waals surface area (Å²) in [7, 11) is 12.0. The summed E-state index contributed by atoms with van der Waals surface area (Å²) in [6.45, 7) is 8.24. The number of rotatable bonds is 10. The maximum absolute atomic E-state index is 4.68. The standard InChI is InChI=1S/C16H15N2S.2C16H13N2.C15H12N3.C12H13N2.C10H9N2.6Ir/c1-11-12(2)18(3)16(17-11)14-7-4-6-13(10-14)15-8-5-9-19-15;1-18-12-15(13-8-4-2-5-9-13)17-16(18)14-10-6-3-7-11-14;1-18-11-10-17-16(18)15-9-5-8-14(12-15)13-6-3-2-4-7-13;1-18-10-9-17-15(18)13-6-4-5-12(11-13)14-7-2-3-8-16-14;1-9-10(2)14(3)12(13-9)11-7-5-4-6-8-11;1-12-8-7-11-10(12)9-5-3-2-4-6-9;;;;;;/h4-6,8-10H,1-3H3;2-10,12H,1H3;2-8,10-12H,1H3;2-5,7-11H,1H3;4-7H,1-3H3;2-5,7-8H,1H3;;;;;;/q6*-1;;;;;;. The summed E-state index contributed by atoms with van der Waals surface area (Å²) in [5.41, 5.74) is 18.5. The van der Waals surface area contributed by atoms with E-state index in [9.17, 15) is 0 Å². The van der Waals surface area contributed by atoms with Gasteiger partial charge >= 0.3 is 0 Å². The van der Waals surface area contributed by atoms with Gasteiger partial charge in [0.05, 0.1) is 46.3 Å². The average molecular weight is 2460 g/mol. The third-order valence-corrected chi connectivity index (χ3v) is 17.4. The third-order valence-electron chi connectivity index (χ3n) is 16.5. The number of pyridine rings is 1. The van der Waals surface area contributed by atoms with Crippen molar-refractivity contribution >= 4 is 11.3 Å². The summed E-state index contributed by atoms with van der Waals surface area (Å²) < 4.78 is 12.2. The molecule has 0 aliphatic heterocycles. The largest absolute Gasteiger partial charge is 0.373 e. The molecule has 546 valence electrons. The van der Waals surface area contributed by atoms with E-state index in [1.807, 2.05) is 244 Å². The number of aromatic nitrogens is 13. The molecule has 0 amide bonds. The Morgan fingerprint density at radius 2 is 0.695 bits per heavy atom. The Morgan fingerprint density at radius 1 is 0.295 bits per heavy atom. The smallest absolute Gasteiger partial charge is 0.0768 e. The molecular weight excluding hydrogens is 2390 g/mol. The zero-order chi connectivity index (χ0) is 69.0. The fourth-order valence-corrected chi connectivity index (χ4v) is 11.5. The molecule has 0 unspecified atom stereocenters. The van der Waals surface area contributed by atoms with Gasteiger partial charge in [-0.1, -0.05) is 83.9 Å². The number of hydrogen-bond acceptors (Lipinski definition) is 8. The quantitative estimate of drug-likeness (QED) is 0.125. The monoisotopic (exact) mass is 2470 g/mol. The van der Waals surface area contributed by atoms with Crippen LogP contribution in [0.15, 0.2) is 273 Å². The Labute approximate surface area is 702 Å². The van der Waals surface area contributed by atoms with E-state index in [-0.39, 0.29) is 121 Å². The van der Waals surface area contributed by atoms with Crippen molar-refractivity contribution < 1.29 is 121 Å². The van der Waals surface area contributed by atoms with Gasteiger partial charge in [-0.25, -0.2) is 0 Å². The van der Waals surface area contributed by atoms with Crippen molar-refractivity contribution in [3.05, 3.63) is 333 Å². The van der Waals surface area contributed by atoms with Crippen LogP contribution in [0.5, 0.6) is 0 Å². The molecule has 0 fully saturated rings. The number of imidazole rings is 6. The first-order chi connectivity index (χ1) is 48.3. The van der Waals surface area contributed by atoms with Crippen LogP contribution in [0.2, 0.25) is 0 Å². The molecular formula is C85H75Ir6N13S-6. The van der Waals surface area contributed by atoms with Crippen molar-refractivity contribution in [2.24, 2.45) is 42.3 Å². The van der Waals surface area contributed by atoms with Crippen molar-refractivity contribution in [3.63, 3.8) is 0 Å². The van der Waals surface area contributed by atoms with E-state index in [4.69, 9.17) is 0 Å². The van der Waals surface area contributed by atoms with Crippen LogP contribution in [0.4, 0.5) is 0 Å². The number of thiophene rings is 1. The van der Waals surface area contributed by atoms with Gasteiger partial charge in [0.15, 0.2) is 0 Å². The molecule has 0 saturated heterocycles. The van der Waals surface area contributed by atoms with Gasteiger partial charge in [-0.15, -0.1) is 214 Å². The molecule has 13 nitrogen and oxygen atoms in total. The number of aryl methyl sites for hydroxylation is 6. The van der Waals surface area contributed by atoms with Gasteiger partial charge in [-0.3, -0.25) is 34.9 Å². The number of benzene rings is 8. The van der Waals surface area contributed by atoms with Gasteiger partial charge < -0.3 is 27.4 Å². The van der Waals surface area contributed by atoms with E-state index in [1.165, 1.54) is 33.0 Å². The molecule has 105 heavy (non-hydrogen) atoms. The number of nitrogens with zero attached hydrogens (tertiary/aromatic N) is 13. The molecule has 8 aromatic heterocycles. The summed E-state index contributed by atoms with van der Waals surface area (Å²) in [5.74, 6) is 5.71. The van der Waals surface area contributed by atoms with Gasteiger partial charge in [-0.2, -0.15) is 0 Å². The first kappa shape index (κ1) is 87.4. The minimum Gasteiger partial charge on any atom is -0.373 e. The summed E-state index contributed by atoms with van der Waals surface area (Å²) in [6.07, 6.45) is 15.0. The molecule has 16 rings (SSSR count). The van der Waals surface area contributed by atoms with E-state index in [2.05, 4.69) is 173 Å². The fraction of sp³-hybridized carbons (Fsp3) is 0.118. The van der Waals surface area contributed by atoms with Gasteiger partial charge in [0.2, 0.25) is 0 Å². The third kappa shape index (κ3) is 23.1. The van der Waals surface area contributed by atoms with Crippen LogP contribution in [0.3, 0.4) is 0 Å². The van der Waals surface area contributed by atoms with Crippen molar-refractivity contribution in [1.29, 1.82) is 0 Å². The normalized spacial score (nSPS) is 9.92. The SMILES string of the molecule is Cc1nc(-c2[c-]ccc(-c3cccs3)c2)n(C)c1C.Cc1nc(-c2[c-]cccc2)n(C)c1C.Cn1cc(-c2ccccc2)nc1-c1[c-]cccc1.Cn1ccnc1-c1[c-]ccc(-c2ccccc2)c1.Cn1ccnc1-c1[c-]ccc(-c2ccccn2)c1.Cn1ccnc1-c1[c-]cccc1.[Ir].[Ir].[Ir].[Ir].[Ir].[Ir]. The Morgan fingerprint density at radius 3 is 1.12 bits per heavy atom. The Kier molecular flexibility index (Phi) is 36.1. The van der Waals surface area contributed by atoms with Crippen LogP contribution in [0.25, 0.3) is 112 Å². The molecule has 16 aromatic rings. The second-order valence-electron chi connectivity index (χ2n) is 23.2. The van der Waals surface area contributed by atoms with Gasteiger partial charge in [0.25, 0.3) is 0 Å². The molecule has 0 spiro atoms. The summed E-state index contributed by atoms with van der Waals surface area (Å²) in [4.78, 5) is 32.4. The van der Waals surface area contributed by atoms with E-state index >= 15 is 0 Å². The second-order valence-corrected chi connectivity index (χ2v) is 24.2. The summed E-state index contributed by atoms with van der Waals surface area (Å²) in [5, 5.41) is 2.10. The van der Waals surface area contributed by atoms with Crippen LogP contribution in [0, 0.1) is 64.1 Å². The minimum atomic E-state index is 0. The van der Waals surface area contributed by atoms with E-state index < -0.39 is 0 Å². The Hall–Kier alpha value is -8.23. The average Bonchev–Trinajstić information content (AvgIpc) is 1.68. The maximum atomic E-state index is 4.68. The van der Waals surface area contributed by atoms with Crippen LogP contribution in [-0.4, -0.2) is 62.3 Å². The predicted molar refractivity (Wildman–Crippen MR) is 401 cm³/mol. The van der Waals surface area contributed by atoms with Crippen molar-refractivity contribution in [2.75, 3.05) is 0 Å². The number of hydrogen-bond donors (Lipinski definition) is 0. The molecule has 8 aromatic carbocycles. The van der Waals surface area contributed by atoms with Crippen molar-refractivity contribution in [3.8, 4) is 112 Å². The molecule has 6 radical (unpaired) electrons. The van der Waals surface area contributed by atoms with Crippen LogP contribution < -0.4 is 0 Å².